The molecule has 0 bridgehead atoms. The van der Waals surface area contributed by atoms with E-state index in [2.05, 4.69) is 31.2 Å². The van der Waals surface area contributed by atoms with E-state index in [0.29, 0.717) is 0 Å². The summed E-state index contributed by atoms with van der Waals surface area (Å²) < 4.78 is 0. The van der Waals surface area contributed by atoms with Crippen LogP contribution >= 0.6 is 0 Å². The minimum Gasteiger partial charge on any atom is -0.481 e. The van der Waals surface area contributed by atoms with Crippen molar-refractivity contribution in [1.82, 2.24) is 10.2 Å². The number of carboxylic acid groups (broad SMARTS) is 1. The molecule has 0 amide bonds. The molecule has 4 heteroatoms. The molecular formula is C15H30N2O2. The number of hydrogen-bond acceptors (Lipinski definition) is 3. The summed E-state index contributed by atoms with van der Waals surface area (Å²) >= 11 is 0. The standard InChI is InChI=1S/C15H30N2O2/c1-11-7-6-8-15(9-11,17(4)5)10-16-13(3)12(2)14(18)19/h11-13,16H,6-10H2,1-5H3,(H,18,19). The van der Waals surface area contributed by atoms with Gasteiger partial charge in [-0.2, -0.15) is 0 Å². The van der Waals surface area contributed by atoms with Crippen LogP contribution in [0.2, 0.25) is 0 Å². The Kier molecular flexibility index (Phi) is 5.81. The molecule has 4 nitrogen and oxygen atoms in total. The third kappa shape index (κ3) is 4.18. The zero-order chi connectivity index (χ0) is 14.6. The molecule has 0 saturated heterocycles. The van der Waals surface area contributed by atoms with Crippen LogP contribution in [0, 0.1) is 11.8 Å². The van der Waals surface area contributed by atoms with Crippen LogP contribution in [0.15, 0.2) is 0 Å². The van der Waals surface area contributed by atoms with Gasteiger partial charge in [0, 0.05) is 18.1 Å². The van der Waals surface area contributed by atoms with Gasteiger partial charge < -0.3 is 15.3 Å². The van der Waals surface area contributed by atoms with Gasteiger partial charge in [-0.15, -0.1) is 0 Å². The molecule has 1 aliphatic rings. The Labute approximate surface area is 117 Å². The normalized spacial score (nSPS) is 31.2. The van der Waals surface area contributed by atoms with E-state index in [1.807, 2.05) is 6.92 Å². The largest absolute Gasteiger partial charge is 0.481 e. The SMILES string of the molecule is CC1CCCC(CNC(C)C(C)C(=O)O)(N(C)C)C1. The van der Waals surface area contributed by atoms with Crippen LogP contribution in [0.1, 0.15) is 46.5 Å². The minimum atomic E-state index is -0.726. The van der Waals surface area contributed by atoms with Gasteiger partial charge in [0.1, 0.15) is 0 Å². The lowest BCUT2D eigenvalue weighted by atomic mass is 9.75. The van der Waals surface area contributed by atoms with Gasteiger partial charge in [0.15, 0.2) is 0 Å². The van der Waals surface area contributed by atoms with Gasteiger partial charge >= 0.3 is 5.97 Å². The van der Waals surface area contributed by atoms with Gasteiger partial charge in [-0.25, -0.2) is 0 Å². The highest BCUT2D eigenvalue weighted by Crippen LogP contribution is 2.35. The molecule has 0 aromatic rings. The van der Waals surface area contributed by atoms with Crippen molar-refractivity contribution in [3.05, 3.63) is 0 Å². The number of aliphatic carboxylic acids is 1. The summed E-state index contributed by atoms with van der Waals surface area (Å²) in [4.78, 5) is 13.3. The lowest BCUT2D eigenvalue weighted by Crippen LogP contribution is -2.56. The van der Waals surface area contributed by atoms with Crippen LogP contribution in [0.3, 0.4) is 0 Å². The number of hydrogen-bond donors (Lipinski definition) is 2. The van der Waals surface area contributed by atoms with Crippen LogP contribution in [-0.2, 0) is 4.79 Å². The summed E-state index contributed by atoms with van der Waals surface area (Å²) in [5.41, 5.74) is 0.185. The molecule has 0 radical (unpaired) electrons. The molecule has 4 atom stereocenters. The van der Waals surface area contributed by atoms with Crippen molar-refractivity contribution >= 4 is 5.97 Å². The Morgan fingerprint density at radius 3 is 2.58 bits per heavy atom. The third-order valence-corrected chi connectivity index (χ3v) is 4.91. The van der Waals surface area contributed by atoms with E-state index in [0.717, 1.165) is 12.5 Å². The summed E-state index contributed by atoms with van der Waals surface area (Å²) in [7, 11) is 4.29. The average Bonchev–Trinajstić information content (AvgIpc) is 2.34. The highest BCUT2D eigenvalue weighted by Gasteiger charge is 2.37. The molecule has 4 unspecified atom stereocenters. The maximum atomic E-state index is 11.0. The number of nitrogens with zero attached hydrogens (tertiary/aromatic N) is 1. The Morgan fingerprint density at radius 2 is 2.11 bits per heavy atom. The Bertz CT molecular complexity index is 307. The number of carbonyl (C=O) groups is 1. The maximum absolute atomic E-state index is 11.0. The fraction of sp³-hybridized carbons (Fsp3) is 0.933. The summed E-state index contributed by atoms with van der Waals surface area (Å²) in [6.45, 7) is 6.93. The second-order valence-corrected chi connectivity index (χ2v) is 6.62. The van der Waals surface area contributed by atoms with E-state index < -0.39 is 5.97 Å². The molecule has 0 aliphatic heterocycles. The molecule has 1 aliphatic carbocycles. The van der Waals surface area contributed by atoms with Crippen molar-refractivity contribution in [2.75, 3.05) is 20.6 Å². The molecule has 2 N–H and O–H groups in total. The van der Waals surface area contributed by atoms with Gasteiger partial charge in [0.05, 0.1) is 5.92 Å². The molecule has 0 spiro atoms. The first-order valence-corrected chi connectivity index (χ1v) is 7.42. The molecule has 1 saturated carbocycles. The van der Waals surface area contributed by atoms with Gasteiger partial charge in [0.25, 0.3) is 0 Å². The van der Waals surface area contributed by atoms with E-state index in [9.17, 15) is 4.79 Å². The van der Waals surface area contributed by atoms with Crippen LogP contribution < -0.4 is 5.32 Å². The molecule has 0 aromatic heterocycles. The second kappa shape index (κ2) is 6.71. The fourth-order valence-electron chi connectivity index (χ4n) is 3.10. The van der Waals surface area contributed by atoms with Crippen LogP contribution in [0.5, 0.6) is 0 Å². The first kappa shape index (κ1) is 16.4. The highest BCUT2D eigenvalue weighted by molar-refractivity contribution is 5.70. The average molecular weight is 270 g/mol. The van der Waals surface area contributed by atoms with E-state index in [-0.39, 0.29) is 17.5 Å². The van der Waals surface area contributed by atoms with Gasteiger partial charge in [-0.1, -0.05) is 26.7 Å². The van der Waals surface area contributed by atoms with Gasteiger partial charge in [-0.05, 0) is 39.8 Å². The third-order valence-electron chi connectivity index (χ3n) is 4.91. The predicted octanol–water partition coefficient (Wildman–Crippen LogP) is 2.20. The first-order chi connectivity index (χ1) is 8.78. The quantitative estimate of drug-likeness (QED) is 0.777. The molecule has 0 aromatic carbocycles. The number of rotatable bonds is 6. The topological polar surface area (TPSA) is 52.6 Å². The fourth-order valence-corrected chi connectivity index (χ4v) is 3.10. The molecule has 112 valence electrons. The summed E-state index contributed by atoms with van der Waals surface area (Å²) in [6.07, 6.45) is 4.98. The van der Waals surface area contributed by atoms with Crippen LogP contribution in [-0.4, -0.2) is 48.2 Å². The molecule has 0 heterocycles. The monoisotopic (exact) mass is 270 g/mol. The molecule has 19 heavy (non-hydrogen) atoms. The first-order valence-electron chi connectivity index (χ1n) is 7.42. The van der Waals surface area contributed by atoms with E-state index in [4.69, 9.17) is 5.11 Å². The van der Waals surface area contributed by atoms with Crippen LogP contribution in [0.4, 0.5) is 0 Å². The number of nitrogens with one attached hydrogen (secondary N) is 1. The lowest BCUT2D eigenvalue weighted by molar-refractivity contribution is -0.142. The maximum Gasteiger partial charge on any atom is 0.307 e. The van der Waals surface area contributed by atoms with Crippen LogP contribution in [0.25, 0.3) is 0 Å². The molecular weight excluding hydrogens is 240 g/mol. The van der Waals surface area contributed by atoms with Crippen molar-refractivity contribution in [2.45, 2.75) is 58.0 Å². The zero-order valence-corrected chi connectivity index (χ0v) is 13.1. The van der Waals surface area contributed by atoms with Crippen molar-refractivity contribution in [3.63, 3.8) is 0 Å². The van der Waals surface area contributed by atoms with E-state index in [1.165, 1.54) is 25.7 Å². The predicted molar refractivity (Wildman–Crippen MR) is 78.3 cm³/mol. The van der Waals surface area contributed by atoms with Gasteiger partial charge in [-0.3, -0.25) is 4.79 Å². The van der Waals surface area contributed by atoms with E-state index in [1.54, 1.807) is 6.92 Å². The van der Waals surface area contributed by atoms with Gasteiger partial charge in [0.2, 0.25) is 0 Å². The van der Waals surface area contributed by atoms with Crippen molar-refractivity contribution < 1.29 is 9.90 Å². The second-order valence-electron chi connectivity index (χ2n) is 6.62. The Morgan fingerprint density at radius 1 is 1.47 bits per heavy atom. The molecule has 1 rings (SSSR count). The smallest absolute Gasteiger partial charge is 0.307 e. The van der Waals surface area contributed by atoms with Crippen molar-refractivity contribution in [3.8, 4) is 0 Å². The van der Waals surface area contributed by atoms with Crippen molar-refractivity contribution in [2.24, 2.45) is 11.8 Å². The van der Waals surface area contributed by atoms with E-state index >= 15 is 0 Å². The minimum absolute atomic E-state index is 0.00607. The highest BCUT2D eigenvalue weighted by atomic mass is 16.4. The summed E-state index contributed by atoms with van der Waals surface area (Å²) in [5, 5.41) is 12.5. The molecule has 1 fully saturated rings. The van der Waals surface area contributed by atoms with Crippen molar-refractivity contribution in [1.29, 1.82) is 0 Å². The zero-order valence-electron chi connectivity index (χ0n) is 13.1. The number of carboxylic acids is 1. The Balaban J connectivity index is 2.62. The number of likely N-dealkylation sites (N-methyl/N-ethyl adjacent to an activating group) is 1. The lowest BCUT2D eigenvalue weighted by Gasteiger charge is -2.46. The summed E-state index contributed by atoms with van der Waals surface area (Å²) in [6, 6.07) is 0.00607. The Hall–Kier alpha value is -0.610. The summed E-state index contributed by atoms with van der Waals surface area (Å²) in [5.74, 6) is -0.318.